The van der Waals surface area contributed by atoms with Crippen molar-refractivity contribution in [1.29, 1.82) is 0 Å². The highest BCUT2D eigenvalue weighted by Crippen LogP contribution is 2.32. The molecule has 2 aromatic heterocycles. The van der Waals surface area contributed by atoms with Crippen molar-refractivity contribution in [2.45, 2.75) is 43.3 Å². The quantitative estimate of drug-likeness (QED) is 0.566. The van der Waals surface area contributed by atoms with Crippen LogP contribution >= 0.6 is 11.6 Å². The number of anilines is 1. The molecule has 2 unspecified atom stereocenters. The van der Waals surface area contributed by atoms with Crippen LogP contribution in [-0.4, -0.2) is 78.5 Å². The lowest BCUT2D eigenvalue weighted by Gasteiger charge is -2.29. The fraction of sp³-hybridized carbons (Fsp3) is 0.684. The molecule has 12 nitrogen and oxygen atoms in total. The predicted molar refractivity (Wildman–Crippen MR) is 117 cm³/mol. The van der Waals surface area contributed by atoms with Crippen molar-refractivity contribution < 1.29 is 27.4 Å². The summed E-state index contributed by atoms with van der Waals surface area (Å²) in [7, 11) is -2.58. The molecule has 2 aromatic rings. The summed E-state index contributed by atoms with van der Waals surface area (Å²) in [4.78, 5) is 8.22. The largest absolute Gasteiger partial charge is 0.381 e. The molecule has 14 heteroatoms. The predicted octanol–water partition coefficient (Wildman–Crippen LogP) is 1.68. The zero-order valence-electron chi connectivity index (χ0n) is 18.4. The number of rotatable bonds is 8. The van der Waals surface area contributed by atoms with Crippen LogP contribution in [-0.2, 0) is 29.0 Å². The molecular formula is C19H27ClN6O6S. The van der Waals surface area contributed by atoms with Gasteiger partial charge in [0, 0.05) is 38.8 Å². The van der Waals surface area contributed by atoms with E-state index in [1.54, 1.807) is 4.57 Å². The first kappa shape index (κ1) is 24.2. The van der Waals surface area contributed by atoms with Crippen LogP contribution in [0.4, 0.5) is 5.95 Å². The Bertz CT molecular complexity index is 1020. The topological polar surface area (TPSA) is 140 Å². The number of ether oxygens (including phenoxy) is 4. The van der Waals surface area contributed by atoms with Gasteiger partial charge in [-0.25, -0.2) is 18.4 Å². The van der Waals surface area contributed by atoms with Crippen molar-refractivity contribution in [2.75, 3.05) is 44.9 Å². The Kier molecular flexibility index (Phi) is 7.76. The zero-order valence-corrected chi connectivity index (χ0v) is 20.0. The summed E-state index contributed by atoms with van der Waals surface area (Å²) in [6.07, 6.45) is 2.82. The third-order valence-electron chi connectivity index (χ3n) is 5.68. The minimum absolute atomic E-state index is 0.0416. The summed E-state index contributed by atoms with van der Waals surface area (Å²) in [6, 6.07) is -0.0416. The first-order valence-electron chi connectivity index (χ1n) is 10.6. The van der Waals surface area contributed by atoms with E-state index in [2.05, 4.69) is 24.9 Å². The zero-order chi connectivity index (χ0) is 23.4. The highest BCUT2D eigenvalue weighted by molar-refractivity contribution is 7.93. The van der Waals surface area contributed by atoms with Crippen molar-refractivity contribution in [3.8, 4) is 0 Å². The summed E-state index contributed by atoms with van der Waals surface area (Å²) >= 11 is 5.85. The molecule has 1 N–H and O–H groups in total. The minimum Gasteiger partial charge on any atom is -0.381 e. The Hall–Kier alpha value is -1.90. The van der Waals surface area contributed by atoms with Crippen LogP contribution in [0.2, 0.25) is 5.02 Å². The molecule has 0 saturated carbocycles. The second-order valence-corrected chi connectivity index (χ2v) is 10.3. The fourth-order valence-electron chi connectivity index (χ4n) is 3.89. The van der Waals surface area contributed by atoms with E-state index in [4.69, 9.17) is 30.5 Å². The summed E-state index contributed by atoms with van der Waals surface area (Å²) in [5.74, 6) is 0.847. The Labute approximate surface area is 197 Å². The number of nitrogens with zero attached hydrogens (tertiary/aromatic N) is 5. The minimum atomic E-state index is -3.98. The van der Waals surface area contributed by atoms with E-state index in [1.807, 2.05) is 0 Å². The molecule has 0 spiro atoms. The van der Waals surface area contributed by atoms with Crippen LogP contribution in [0.5, 0.6) is 0 Å². The molecule has 0 radical (unpaired) electrons. The smallest absolute Gasteiger partial charge is 0.240 e. The molecule has 0 amide bonds. The number of halogens is 1. The van der Waals surface area contributed by atoms with Gasteiger partial charge in [0.2, 0.25) is 16.0 Å². The van der Waals surface area contributed by atoms with Gasteiger partial charge in [-0.1, -0.05) is 11.6 Å². The van der Waals surface area contributed by atoms with E-state index < -0.39 is 27.5 Å². The third kappa shape index (κ3) is 5.44. The third-order valence-corrected chi connectivity index (χ3v) is 7.57. The normalized spacial score (nSPS) is 22.1. The maximum atomic E-state index is 13.3. The molecule has 182 valence electrons. The summed E-state index contributed by atoms with van der Waals surface area (Å²) < 4.78 is 53.3. The number of hydrogen-bond donors (Lipinski definition) is 1. The molecule has 2 fully saturated rings. The van der Waals surface area contributed by atoms with Crippen LogP contribution in [0.25, 0.3) is 0 Å². The maximum Gasteiger partial charge on any atom is 0.240 e. The van der Waals surface area contributed by atoms with Gasteiger partial charge in [0.15, 0.2) is 11.6 Å². The van der Waals surface area contributed by atoms with Gasteiger partial charge >= 0.3 is 0 Å². The van der Waals surface area contributed by atoms with Crippen LogP contribution < -0.4 is 4.72 Å². The number of aromatic nitrogens is 5. The Balaban J connectivity index is 1.62. The first-order chi connectivity index (χ1) is 15.9. The van der Waals surface area contributed by atoms with Crippen molar-refractivity contribution in [3.05, 3.63) is 29.1 Å². The lowest BCUT2D eigenvalue weighted by atomic mass is 10.1. The number of methoxy groups -OCH3 is 1. The molecular weight excluding hydrogens is 476 g/mol. The van der Waals surface area contributed by atoms with Crippen molar-refractivity contribution in [1.82, 2.24) is 24.7 Å². The van der Waals surface area contributed by atoms with Gasteiger partial charge in [-0.2, -0.15) is 0 Å². The van der Waals surface area contributed by atoms with Crippen LogP contribution in [0.1, 0.15) is 49.7 Å². The van der Waals surface area contributed by atoms with Crippen molar-refractivity contribution in [2.24, 2.45) is 0 Å². The number of sulfonamides is 1. The molecule has 3 atom stereocenters. The highest BCUT2D eigenvalue weighted by atomic mass is 35.5. The van der Waals surface area contributed by atoms with Crippen molar-refractivity contribution >= 4 is 27.6 Å². The van der Waals surface area contributed by atoms with Gasteiger partial charge < -0.3 is 18.9 Å². The SMILES string of the molecule is COC(c1ncc(Cl)cn1)C(C)S(=O)(=O)Nc1nnc([C@H]2COCCO2)n1C1CCOCC1. The van der Waals surface area contributed by atoms with Gasteiger partial charge in [0.1, 0.15) is 17.5 Å². The Morgan fingerprint density at radius 3 is 2.52 bits per heavy atom. The molecule has 2 aliphatic rings. The molecule has 2 aliphatic heterocycles. The molecule has 33 heavy (non-hydrogen) atoms. The molecule has 4 rings (SSSR count). The van der Waals surface area contributed by atoms with Gasteiger partial charge in [-0.15, -0.1) is 10.2 Å². The lowest BCUT2D eigenvalue weighted by Crippen LogP contribution is -2.34. The van der Waals surface area contributed by atoms with E-state index in [1.165, 1.54) is 26.4 Å². The Morgan fingerprint density at radius 2 is 1.88 bits per heavy atom. The summed E-state index contributed by atoms with van der Waals surface area (Å²) in [5, 5.41) is 7.72. The number of nitrogens with one attached hydrogen (secondary N) is 1. The van der Waals surface area contributed by atoms with E-state index in [-0.39, 0.29) is 17.8 Å². The average molecular weight is 503 g/mol. The molecule has 0 bridgehead atoms. The molecule has 0 aliphatic carbocycles. The van der Waals surface area contributed by atoms with E-state index >= 15 is 0 Å². The van der Waals surface area contributed by atoms with Crippen LogP contribution in [0.3, 0.4) is 0 Å². The second kappa shape index (κ2) is 10.6. The highest BCUT2D eigenvalue weighted by Gasteiger charge is 2.36. The van der Waals surface area contributed by atoms with Gasteiger partial charge in [0.05, 0.1) is 24.8 Å². The number of hydrogen-bond acceptors (Lipinski definition) is 10. The van der Waals surface area contributed by atoms with Gasteiger partial charge in [0.25, 0.3) is 0 Å². The fourth-order valence-corrected chi connectivity index (χ4v) is 5.13. The monoisotopic (exact) mass is 502 g/mol. The first-order valence-corrected chi connectivity index (χ1v) is 12.6. The van der Waals surface area contributed by atoms with Crippen molar-refractivity contribution in [3.63, 3.8) is 0 Å². The van der Waals surface area contributed by atoms with E-state index in [0.29, 0.717) is 56.7 Å². The molecule has 2 saturated heterocycles. The van der Waals surface area contributed by atoms with E-state index in [0.717, 1.165) is 0 Å². The Morgan fingerprint density at radius 1 is 1.15 bits per heavy atom. The summed E-state index contributed by atoms with van der Waals surface area (Å²) in [5.41, 5.74) is 0. The van der Waals surface area contributed by atoms with Gasteiger partial charge in [-0.3, -0.25) is 9.29 Å². The molecule has 4 heterocycles. The molecule has 0 aromatic carbocycles. The lowest BCUT2D eigenvalue weighted by molar-refractivity contribution is -0.0956. The van der Waals surface area contributed by atoms with Gasteiger partial charge in [-0.05, 0) is 19.8 Å². The van der Waals surface area contributed by atoms with Crippen LogP contribution in [0.15, 0.2) is 12.4 Å². The summed E-state index contributed by atoms with van der Waals surface area (Å²) in [6.45, 7) is 3.90. The second-order valence-electron chi connectivity index (χ2n) is 7.80. The van der Waals surface area contributed by atoms with Crippen LogP contribution in [0, 0.1) is 0 Å². The standard InChI is InChI=1S/C19H27ClN6O6S/c1-12(16(29-2)17-21-9-13(20)10-22-17)33(27,28)25-19-24-23-18(15-11-31-7-8-32-15)26(19)14-3-5-30-6-4-14/h9-10,12,14-16H,3-8,11H2,1-2H3,(H,24,25)/t12?,15-,16?/m1/s1. The maximum absolute atomic E-state index is 13.3. The van der Waals surface area contributed by atoms with E-state index in [9.17, 15) is 8.42 Å². The average Bonchev–Trinajstić information content (AvgIpc) is 3.24.